The van der Waals surface area contributed by atoms with Gasteiger partial charge < -0.3 is 4.90 Å². The van der Waals surface area contributed by atoms with Crippen molar-refractivity contribution in [3.8, 4) is 11.1 Å². The number of nitrogens with zero attached hydrogens (tertiary/aromatic N) is 4. The predicted molar refractivity (Wildman–Crippen MR) is 105 cm³/mol. The van der Waals surface area contributed by atoms with Crippen LogP contribution in [0, 0.1) is 5.82 Å². The van der Waals surface area contributed by atoms with Crippen molar-refractivity contribution in [2.45, 2.75) is 19.4 Å². The van der Waals surface area contributed by atoms with Gasteiger partial charge in [-0.25, -0.2) is 9.37 Å². The molecule has 5 nitrogen and oxygen atoms in total. The molecule has 2 aromatic heterocycles. The number of H-pyrrole nitrogens is 1. The van der Waals surface area contributed by atoms with Gasteiger partial charge in [0.05, 0.1) is 6.20 Å². The highest BCUT2D eigenvalue weighted by atomic mass is 19.1. The first-order valence-corrected chi connectivity index (χ1v) is 9.45. The van der Waals surface area contributed by atoms with Gasteiger partial charge in [-0.15, -0.1) is 0 Å². The van der Waals surface area contributed by atoms with Gasteiger partial charge >= 0.3 is 0 Å². The van der Waals surface area contributed by atoms with Crippen molar-refractivity contribution in [3.63, 3.8) is 0 Å². The van der Waals surface area contributed by atoms with E-state index >= 15 is 0 Å². The fraction of sp³-hybridized carbons (Fsp3) is 0.333. The molecule has 1 unspecified atom stereocenters. The fourth-order valence-corrected chi connectivity index (χ4v) is 3.90. The van der Waals surface area contributed by atoms with Crippen LogP contribution in [0.15, 0.2) is 55.0 Å². The predicted octanol–water partition coefficient (Wildman–Crippen LogP) is 3.88. The molecule has 1 fully saturated rings. The topological polar surface area (TPSA) is 48.1 Å². The molecule has 1 atom stereocenters. The van der Waals surface area contributed by atoms with Gasteiger partial charge in [0.25, 0.3) is 0 Å². The third-order valence-electron chi connectivity index (χ3n) is 5.29. The molecule has 140 valence electrons. The summed E-state index contributed by atoms with van der Waals surface area (Å²) < 4.78 is 13.3. The van der Waals surface area contributed by atoms with Crippen LogP contribution in [0.5, 0.6) is 0 Å². The van der Waals surface area contributed by atoms with Crippen molar-refractivity contribution in [2.75, 3.05) is 31.1 Å². The van der Waals surface area contributed by atoms with E-state index in [0.29, 0.717) is 6.04 Å². The number of nitrogens with one attached hydrogen (secondary N) is 1. The van der Waals surface area contributed by atoms with Gasteiger partial charge in [-0.3, -0.25) is 10.00 Å². The molecule has 0 amide bonds. The Kier molecular flexibility index (Phi) is 5.16. The quantitative estimate of drug-likeness (QED) is 0.745. The molecule has 0 saturated carbocycles. The summed E-state index contributed by atoms with van der Waals surface area (Å²) in [5, 5.41) is 7.03. The van der Waals surface area contributed by atoms with E-state index in [1.807, 2.05) is 36.8 Å². The normalized spacial score (nSPS) is 16.4. The van der Waals surface area contributed by atoms with E-state index in [1.54, 1.807) is 0 Å². The van der Waals surface area contributed by atoms with Gasteiger partial charge in [0.1, 0.15) is 11.6 Å². The van der Waals surface area contributed by atoms with Crippen LogP contribution in [0.4, 0.5) is 10.2 Å². The van der Waals surface area contributed by atoms with Crippen molar-refractivity contribution >= 4 is 5.82 Å². The molecule has 4 rings (SSSR count). The number of pyridine rings is 1. The minimum atomic E-state index is -0.220. The summed E-state index contributed by atoms with van der Waals surface area (Å²) in [7, 11) is 0. The molecule has 1 aliphatic heterocycles. The lowest BCUT2D eigenvalue weighted by Crippen LogP contribution is -2.48. The van der Waals surface area contributed by atoms with E-state index < -0.39 is 0 Å². The van der Waals surface area contributed by atoms with Crippen LogP contribution in [0.2, 0.25) is 0 Å². The molecule has 3 aromatic rings. The number of hydrogen-bond acceptors (Lipinski definition) is 4. The van der Waals surface area contributed by atoms with Crippen LogP contribution in [0.1, 0.15) is 24.9 Å². The van der Waals surface area contributed by atoms with Crippen molar-refractivity contribution in [3.05, 3.63) is 66.4 Å². The van der Waals surface area contributed by atoms with Gasteiger partial charge in [0, 0.05) is 55.7 Å². The first-order valence-electron chi connectivity index (χ1n) is 9.45. The van der Waals surface area contributed by atoms with Crippen LogP contribution < -0.4 is 4.90 Å². The number of anilines is 1. The number of aromatic nitrogens is 3. The molecule has 1 aliphatic rings. The van der Waals surface area contributed by atoms with E-state index in [9.17, 15) is 4.39 Å². The van der Waals surface area contributed by atoms with E-state index in [-0.39, 0.29) is 5.82 Å². The molecular weight excluding hydrogens is 341 g/mol. The van der Waals surface area contributed by atoms with Crippen molar-refractivity contribution < 1.29 is 4.39 Å². The average molecular weight is 365 g/mol. The maximum Gasteiger partial charge on any atom is 0.136 e. The molecule has 0 aliphatic carbocycles. The third kappa shape index (κ3) is 3.71. The molecule has 0 spiro atoms. The zero-order valence-corrected chi connectivity index (χ0v) is 15.5. The molecular formula is C21H24FN5. The highest BCUT2D eigenvalue weighted by Crippen LogP contribution is 2.31. The van der Waals surface area contributed by atoms with Crippen molar-refractivity contribution in [1.82, 2.24) is 20.1 Å². The Morgan fingerprint density at radius 2 is 1.89 bits per heavy atom. The number of benzene rings is 1. The summed E-state index contributed by atoms with van der Waals surface area (Å²) in [4.78, 5) is 9.49. The summed E-state index contributed by atoms with van der Waals surface area (Å²) in [5.74, 6) is 0.753. The van der Waals surface area contributed by atoms with Gasteiger partial charge in [0.15, 0.2) is 0 Å². The standard InChI is InChI=1S/C21H24FN5/c1-2-20(17-14-24-25-15-17)26-10-12-27(13-11-26)21-19(4-3-9-23-21)16-5-7-18(22)8-6-16/h3-9,14-15,20H,2,10-13H2,1H3,(H,24,25). The van der Waals surface area contributed by atoms with Crippen LogP contribution >= 0.6 is 0 Å². The average Bonchev–Trinajstić information content (AvgIpc) is 3.24. The minimum absolute atomic E-state index is 0.220. The van der Waals surface area contributed by atoms with Gasteiger partial charge in [-0.1, -0.05) is 19.1 Å². The maximum atomic E-state index is 13.3. The Morgan fingerprint density at radius 1 is 1.11 bits per heavy atom. The summed E-state index contributed by atoms with van der Waals surface area (Å²) >= 11 is 0. The molecule has 1 N–H and O–H groups in total. The van der Waals surface area contributed by atoms with E-state index in [1.165, 1.54) is 17.7 Å². The molecule has 6 heteroatoms. The first-order chi connectivity index (χ1) is 13.3. The van der Waals surface area contributed by atoms with Crippen LogP contribution in [0.3, 0.4) is 0 Å². The molecule has 1 aromatic carbocycles. The van der Waals surface area contributed by atoms with Crippen LogP contribution in [0.25, 0.3) is 11.1 Å². The molecule has 1 saturated heterocycles. The Bertz CT molecular complexity index is 855. The summed E-state index contributed by atoms with van der Waals surface area (Å²) in [6.45, 7) is 6.00. The van der Waals surface area contributed by atoms with Crippen molar-refractivity contribution in [2.24, 2.45) is 0 Å². The number of aromatic amines is 1. The fourth-order valence-electron chi connectivity index (χ4n) is 3.90. The lowest BCUT2D eigenvalue weighted by atomic mass is 10.0. The SMILES string of the molecule is CCC(c1cn[nH]c1)N1CCN(c2ncccc2-c2ccc(F)cc2)CC1. The summed E-state index contributed by atoms with van der Waals surface area (Å²) in [5.41, 5.74) is 3.29. The molecule has 27 heavy (non-hydrogen) atoms. The van der Waals surface area contributed by atoms with Gasteiger partial charge in [0.2, 0.25) is 0 Å². The van der Waals surface area contributed by atoms with Gasteiger partial charge in [-0.05, 0) is 36.2 Å². The highest BCUT2D eigenvalue weighted by Gasteiger charge is 2.26. The molecule has 3 heterocycles. The monoisotopic (exact) mass is 365 g/mol. The number of rotatable bonds is 5. The van der Waals surface area contributed by atoms with Crippen LogP contribution in [-0.4, -0.2) is 46.3 Å². The second-order valence-electron chi connectivity index (χ2n) is 6.86. The third-order valence-corrected chi connectivity index (χ3v) is 5.29. The Balaban J connectivity index is 1.51. The number of hydrogen-bond donors (Lipinski definition) is 1. The largest absolute Gasteiger partial charge is 0.354 e. The van der Waals surface area contributed by atoms with Crippen molar-refractivity contribution in [1.29, 1.82) is 0 Å². The van der Waals surface area contributed by atoms with Crippen LogP contribution in [-0.2, 0) is 0 Å². The summed E-state index contributed by atoms with van der Waals surface area (Å²) in [6, 6.07) is 11.0. The second kappa shape index (κ2) is 7.88. The number of piperazine rings is 1. The Hall–Kier alpha value is -2.73. The second-order valence-corrected chi connectivity index (χ2v) is 6.86. The maximum absolute atomic E-state index is 13.3. The molecule has 0 radical (unpaired) electrons. The lowest BCUT2D eigenvalue weighted by Gasteiger charge is -2.39. The Morgan fingerprint density at radius 3 is 2.56 bits per heavy atom. The lowest BCUT2D eigenvalue weighted by molar-refractivity contribution is 0.181. The Labute approximate surface area is 158 Å². The zero-order chi connectivity index (χ0) is 18.6. The zero-order valence-electron chi connectivity index (χ0n) is 15.5. The van der Waals surface area contributed by atoms with Gasteiger partial charge in [-0.2, -0.15) is 5.10 Å². The number of halogens is 1. The molecule has 0 bridgehead atoms. The highest BCUT2D eigenvalue weighted by molar-refractivity contribution is 5.75. The summed E-state index contributed by atoms with van der Waals surface area (Å²) in [6.07, 6.45) is 6.80. The minimum Gasteiger partial charge on any atom is -0.354 e. The van der Waals surface area contributed by atoms with E-state index in [4.69, 9.17) is 0 Å². The van der Waals surface area contributed by atoms with E-state index in [0.717, 1.165) is 49.5 Å². The van der Waals surface area contributed by atoms with E-state index in [2.05, 4.69) is 38.0 Å². The smallest absolute Gasteiger partial charge is 0.136 e. The first kappa shape index (κ1) is 17.7.